The monoisotopic (exact) mass is 539 g/mol. The van der Waals surface area contributed by atoms with Crippen LogP contribution in [0.25, 0.3) is 6.08 Å². The number of thioether (sulfide) groups is 1. The van der Waals surface area contributed by atoms with E-state index in [0.717, 1.165) is 5.69 Å². The van der Waals surface area contributed by atoms with Gasteiger partial charge in [0.15, 0.2) is 0 Å². The van der Waals surface area contributed by atoms with Crippen molar-refractivity contribution in [3.63, 3.8) is 0 Å². The number of thiocarbonyl (C=S) groups is 1. The van der Waals surface area contributed by atoms with E-state index >= 15 is 0 Å². The molecule has 0 aliphatic carbocycles. The summed E-state index contributed by atoms with van der Waals surface area (Å²) >= 11 is 6.74. The summed E-state index contributed by atoms with van der Waals surface area (Å²) < 4.78 is 15.5. The molecule has 10 heteroatoms. The first kappa shape index (κ1) is 26.9. The summed E-state index contributed by atoms with van der Waals surface area (Å²) in [5, 5.41) is 9.79. The maximum Gasteiger partial charge on any atom is 0.270 e. The van der Waals surface area contributed by atoms with E-state index in [1.165, 1.54) is 23.9 Å². The molecule has 2 aromatic rings. The minimum atomic E-state index is -0.331. The zero-order valence-electron chi connectivity index (χ0n) is 21.5. The van der Waals surface area contributed by atoms with Gasteiger partial charge in [-0.05, 0) is 55.7 Å². The zero-order valence-corrected chi connectivity index (χ0v) is 23.1. The molecular formula is C27H30FN5O2S2. The molecule has 0 bridgehead atoms. The topological polar surface area (TPSA) is 72.6 Å². The van der Waals surface area contributed by atoms with E-state index in [1.54, 1.807) is 34.6 Å². The van der Waals surface area contributed by atoms with Crippen molar-refractivity contribution in [1.29, 1.82) is 5.26 Å². The smallest absolute Gasteiger partial charge is 0.270 e. The van der Waals surface area contributed by atoms with Gasteiger partial charge >= 0.3 is 0 Å². The van der Waals surface area contributed by atoms with Crippen LogP contribution in [0.2, 0.25) is 0 Å². The Morgan fingerprint density at radius 3 is 2.32 bits per heavy atom. The fourth-order valence-corrected chi connectivity index (χ4v) is 6.02. The second kappa shape index (κ2) is 11.1. The molecule has 2 saturated heterocycles. The molecule has 0 atom stereocenters. The van der Waals surface area contributed by atoms with Crippen LogP contribution in [-0.4, -0.2) is 52.4 Å². The third kappa shape index (κ3) is 5.29. The zero-order chi connectivity index (χ0) is 26.9. The average Bonchev–Trinajstić information content (AvgIpc) is 3.13. The Labute approximate surface area is 226 Å². The molecule has 194 valence electrons. The van der Waals surface area contributed by atoms with Gasteiger partial charge in [-0.25, -0.2) is 4.39 Å². The van der Waals surface area contributed by atoms with Gasteiger partial charge in [-0.2, -0.15) is 5.26 Å². The summed E-state index contributed by atoms with van der Waals surface area (Å²) in [5.74, 6) is 0.550. The van der Waals surface area contributed by atoms with E-state index in [4.69, 9.17) is 12.2 Å². The summed E-state index contributed by atoms with van der Waals surface area (Å²) in [6, 6.07) is 8.51. The van der Waals surface area contributed by atoms with Crippen LogP contribution in [0.15, 0.2) is 34.0 Å². The molecule has 0 radical (unpaired) electrons. The number of anilines is 2. The maximum absolute atomic E-state index is 13.4. The SMILES string of the molecule is CCn1c(N2CCN(c3ccc(F)cc3)CC2)c(/C=C2/SC(=S)N(CC(C)C)C2=O)c(C)c(C#N)c1=O. The average molecular weight is 540 g/mol. The minimum Gasteiger partial charge on any atom is -0.368 e. The standard InChI is InChI=1S/C27H30FN5O2S2/c1-5-32-24(31-12-10-30(11-13-31)20-8-6-19(28)7-9-20)21(18(4)22(15-29)25(32)34)14-23-26(35)33(16-17(2)3)27(36)37-23/h6-9,14,17H,5,10-13,16H2,1-4H3/b23-14+. The van der Waals surface area contributed by atoms with Gasteiger partial charge in [-0.3, -0.25) is 19.1 Å². The highest BCUT2D eigenvalue weighted by molar-refractivity contribution is 8.26. The predicted octanol–water partition coefficient (Wildman–Crippen LogP) is 4.37. The number of hydrogen-bond donors (Lipinski definition) is 0. The number of aromatic nitrogens is 1. The number of nitrogens with zero attached hydrogens (tertiary/aromatic N) is 5. The summed E-state index contributed by atoms with van der Waals surface area (Å²) in [5.41, 5.74) is 1.95. The molecule has 0 N–H and O–H groups in total. The number of carbonyl (C=O) groups excluding carboxylic acids is 1. The predicted molar refractivity (Wildman–Crippen MR) is 151 cm³/mol. The molecule has 7 nitrogen and oxygen atoms in total. The van der Waals surface area contributed by atoms with Crippen LogP contribution in [-0.2, 0) is 11.3 Å². The van der Waals surface area contributed by atoms with Crippen molar-refractivity contribution >= 4 is 51.8 Å². The second-order valence-electron chi connectivity index (χ2n) is 9.54. The van der Waals surface area contributed by atoms with Crippen LogP contribution in [0.5, 0.6) is 0 Å². The molecule has 0 unspecified atom stereocenters. The van der Waals surface area contributed by atoms with E-state index < -0.39 is 0 Å². The van der Waals surface area contributed by atoms with Crippen LogP contribution >= 0.6 is 24.0 Å². The normalized spacial score (nSPS) is 17.3. The highest BCUT2D eigenvalue weighted by Gasteiger charge is 2.34. The van der Waals surface area contributed by atoms with E-state index in [9.17, 15) is 19.2 Å². The molecule has 2 fully saturated rings. The van der Waals surface area contributed by atoms with Crippen molar-refractivity contribution in [1.82, 2.24) is 9.47 Å². The number of carbonyl (C=O) groups is 1. The lowest BCUT2D eigenvalue weighted by molar-refractivity contribution is -0.122. The number of rotatable bonds is 6. The van der Waals surface area contributed by atoms with Crippen molar-refractivity contribution in [2.45, 2.75) is 34.2 Å². The number of amides is 1. The highest BCUT2D eigenvalue weighted by Crippen LogP contribution is 2.36. The lowest BCUT2D eigenvalue weighted by Crippen LogP contribution is -2.48. The maximum atomic E-state index is 13.4. The number of halogens is 1. The van der Waals surface area contributed by atoms with Crippen LogP contribution in [0, 0.1) is 30.0 Å². The summed E-state index contributed by atoms with van der Waals surface area (Å²) in [6.45, 7) is 11.2. The van der Waals surface area contributed by atoms with E-state index in [0.29, 0.717) is 65.4 Å². The van der Waals surface area contributed by atoms with Gasteiger partial charge in [-0.15, -0.1) is 0 Å². The van der Waals surface area contributed by atoms with Crippen molar-refractivity contribution in [3.8, 4) is 6.07 Å². The number of hydrogen-bond acceptors (Lipinski definition) is 7. The summed E-state index contributed by atoms with van der Waals surface area (Å²) in [7, 11) is 0. The van der Waals surface area contributed by atoms with Gasteiger partial charge < -0.3 is 9.80 Å². The third-order valence-electron chi connectivity index (χ3n) is 6.63. The Morgan fingerprint density at radius 2 is 1.76 bits per heavy atom. The van der Waals surface area contributed by atoms with E-state index in [1.807, 2.05) is 20.8 Å². The first-order valence-electron chi connectivity index (χ1n) is 12.3. The third-order valence-corrected chi connectivity index (χ3v) is 8.01. The van der Waals surface area contributed by atoms with Crippen molar-refractivity contribution in [2.75, 3.05) is 42.5 Å². The van der Waals surface area contributed by atoms with Crippen molar-refractivity contribution in [2.24, 2.45) is 5.92 Å². The Balaban J connectivity index is 1.75. The highest BCUT2D eigenvalue weighted by atomic mass is 32.2. The Morgan fingerprint density at radius 1 is 1.14 bits per heavy atom. The first-order chi connectivity index (χ1) is 17.7. The Kier molecular flexibility index (Phi) is 8.05. The molecule has 0 spiro atoms. The number of piperazine rings is 1. The molecule has 3 heterocycles. The molecule has 37 heavy (non-hydrogen) atoms. The van der Waals surface area contributed by atoms with Gasteiger partial charge in [0.1, 0.15) is 27.6 Å². The number of nitriles is 1. The summed E-state index contributed by atoms with van der Waals surface area (Å²) in [6.07, 6.45) is 1.79. The van der Waals surface area contributed by atoms with E-state index in [-0.39, 0.29) is 28.8 Å². The molecule has 2 aliphatic rings. The Bertz CT molecular complexity index is 1350. The molecule has 2 aliphatic heterocycles. The van der Waals surface area contributed by atoms with Crippen molar-refractivity contribution in [3.05, 3.63) is 62.0 Å². The van der Waals surface area contributed by atoms with Gasteiger partial charge in [-0.1, -0.05) is 37.8 Å². The molecule has 1 aromatic carbocycles. The van der Waals surface area contributed by atoms with Crippen LogP contribution in [0.1, 0.15) is 37.5 Å². The molecular weight excluding hydrogens is 509 g/mol. The molecule has 4 rings (SSSR count). The lowest BCUT2D eigenvalue weighted by Gasteiger charge is -2.39. The van der Waals surface area contributed by atoms with E-state index in [2.05, 4.69) is 15.9 Å². The van der Waals surface area contributed by atoms with Gasteiger partial charge in [0.25, 0.3) is 11.5 Å². The Hall–Kier alpha value is -3.16. The number of pyridine rings is 1. The van der Waals surface area contributed by atoms with Crippen molar-refractivity contribution < 1.29 is 9.18 Å². The van der Waals surface area contributed by atoms with Crippen LogP contribution in [0.3, 0.4) is 0 Å². The van der Waals surface area contributed by atoms with Gasteiger partial charge in [0, 0.05) is 50.5 Å². The molecule has 1 amide bonds. The van der Waals surface area contributed by atoms with Gasteiger partial charge in [0.2, 0.25) is 0 Å². The molecule has 1 aromatic heterocycles. The first-order valence-corrected chi connectivity index (χ1v) is 13.6. The molecule has 0 saturated carbocycles. The quantitative estimate of drug-likeness (QED) is 0.399. The number of benzene rings is 1. The minimum absolute atomic E-state index is 0.0828. The van der Waals surface area contributed by atoms with Crippen LogP contribution < -0.4 is 15.4 Å². The van der Waals surface area contributed by atoms with Crippen LogP contribution in [0.4, 0.5) is 15.9 Å². The fourth-order valence-electron chi connectivity index (χ4n) is 4.76. The second-order valence-corrected chi connectivity index (χ2v) is 11.2. The summed E-state index contributed by atoms with van der Waals surface area (Å²) in [4.78, 5) is 32.9. The van der Waals surface area contributed by atoms with Gasteiger partial charge in [0.05, 0.1) is 4.91 Å². The fraction of sp³-hybridized carbons (Fsp3) is 0.407. The lowest BCUT2D eigenvalue weighted by atomic mass is 10.0. The largest absolute Gasteiger partial charge is 0.368 e.